The molecular weight excluding hydrogens is 1390 g/mol. The zero-order valence-corrected chi connectivity index (χ0v) is 56.1. The van der Waals surface area contributed by atoms with Crippen molar-refractivity contribution in [2.75, 3.05) is 78.2 Å². The summed E-state index contributed by atoms with van der Waals surface area (Å²) in [7, 11) is 1.93. The first-order valence-corrected chi connectivity index (χ1v) is 32.5. The van der Waals surface area contributed by atoms with Gasteiger partial charge in [0, 0.05) is 110 Å². The number of benzene rings is 6. The number of nitrogens with one attached hydrogen (secondary N) is 8. The molecule has 0 bridgehead atoms. The Morgan fingerprint density at radius 2 is 0.667 bits per heavy atom. The topological polar surface area (TPSA) is 283 Å². The number of likely N-dealkylation sites (N-methyl/N-ethyl adjacent to an activating group) is 1. The molecular formula is C72H60Cl3F6N15O6. The monoisotopic (exact) mass is 1450 g/mol. The van der Waals surface area contributed by atoms with Gasteiger partial charge in [-0.25, -0.2) is 41.3 Å². The fourth-order valence-electron chi connectivity index (χ4n) is 10.6. The van der Waals surface area contributed by atoms with Crippen molar-refractivity contribution in [2.24, 2.45) is 4.99 Å². The fraction of sp³-hybridized carbons (Fsp3) is 0.167. The van der Waals surface area contributed by atoms with Crippen LogP contribution in [0.25, 0.3) is 0 Å². The van der Waals surface area contributed by atoms with Crippen molar-refractivity contribution in [3.63, 3.8) is 0 Å². The number of amidine groups is 3. The number of nitrogens with zero attached hydrogens (tertiary/aromatic N) is 7. The van der Waals surface area contributed by atoms with E-state index >= 15 is 0 Å². The van der Waals surface area contributed by atoms with Gasteiger partial charge in [-0.2, -0.15) is 0 Å². The molecule has 522 valence electrons. The minimum absolute atomic E-state index is 0.146. The Labute approximate surface area is 594 Å². The molecule has 2 fully saturated rings. The molecule has 0 radical (unpaired) electrons. The van der Waals surface area contributed by atoms with E-state index in [1.807, 2.05) is 21.7 Å². The Kier molecular flexibility index (Phi) is 24.1. The number of aliphatic imine (C=N–C) groups is 1. The number of halogens is 9. The Morgan fingerprint density at radius 3 is 0.961 bits per heavy atom. The first kappa shape index (κ1) is 73.2. The molecule has 3 aliphatic heterocycles. The highest BCUT2D eigenvalue weighted by molar-refractivity contribution is 6.31. The lowest BCUT2D eigenvalue weighted by Crippen LogP contribution is -2.35. The van der Waals surface area contributed by atoms with E-state index in [1.165, 1.54) is 67.1 Å². The summed E-state index contributed by atoms with van der Waals surface area (Å²) in [6.07, 6.45) is 9.29. The van der Waals surface area contributed by atoms with Crippen LogP contribution in [0.2, 0.25) is 15.1 Å². The van der Waals surface area contributed by atoms with E-state index in [1.54, 1.807) is 60.7 Å². The van der Waals surface area contributed by atoms with E-state index in [9.17, 15) is 55.1 Å². The van der Waals surface area contributed by atoms with Crippen LogP contribution in [-0.2, 0) is 0 Å². The van der Waals surface area contributed by atoms with Gasteiger partial charge in [0.15, 0.2) is 34.9 Å². The quantitative estimate of drug-likeness (QED) is 0.0270. The first-order valence-electron chi connectivity index (χ1n) is 31.4. The van der Waals surface area contributed by atoms with Gasteiger partial charge in [-0.15, -0.1) is 0 Å². The van der Waals surface area contributed by atoms with Crippen LogP contribution in [0.1, 0.15) is 111 Å². The number of rotatable bonds is 15. The SMILES string of the molecule is CN1CCN=C1c1ccc(C(=O)Nc2cc(F)c(F)cc2C(=O)Nc2ccc(Cl)cn2)cc1.N=C(c1ccc(C(=O)Nc2cc(F)c(F)cc2C(=O)Nc2ccc(Cl)cn2)cc1)N1CCCC1.N=C(c1ccc(C(=O)Nc2cc(F)c(F)cc2C(=O)Nc2ccc(Cl)cn2)cc1)N1CCCCC1. The van der Waals surface area contributed by atoms with Crippen LogP contribution in [0.3, 0.4) is 0 Å². The van der Waals surface area contributed by atoms with Crippen LogP contribution in [0, 0.1) is 45.7 Å². The van der Waals surface area contributed by atoms with Gasteiger partial charge in [0.2, 0.25) is 0 Å². The molecule has 21 nitrogen and oxygen atoms in total. The van der Waals surface area contributed by atoms with Crippen LogP contribution >= 0.6 is 34.8 Å². The molecule has 3 aromatic heterocycles. The third-order valence-electron chi connectivity index (χ3n) is 16.0. The summed E-state index contributed by atoms with van der Waals surface area (Å²) in [6.45, 7) is 4.84. The third kappa shape index (κ3) is 18.8. The van der Waals surface area contributed by atoms with Crippen LogP contribution < -0.4 is 31.9 Å². The summed E-state index contributed by atoms with van der Waals surface area (Å²) in [5.41, 5.74) is 1.51. The van der Waals surface area contributed by atoms with E-state index in [0.29, 0.717) is 62.6 Å². The Balaban J connectivity index is 0.000000165. The maximum Gasteiger partial charge on any atom is 0.259 e. The number of anilines is 6. The highest BCUT2D eigenvalue weighted by Crippen LogP contribution is 2.28. The number of hydrogen-bond donors (Lipinski definition) is 8. The van der Waals surface area contributed by atoms with Crippen LogP contribution in [0.5, 0.6) is 0 Å². The minimum Gasteiger partial charge on any atom is -0.358 e. The smallest absolute Gasteiger partial charge is 0.259 e. The van der Waals surface area contributed by atoms with Gasteiger partial charge < -0.3 is 46.6 Å². The largest absolute Gasteiger partial charge is 0.358 e. The normalized spacial score (nSPS) is 13.1. The molecule has 12 rings (SSSR count). The van der Waals surface area contributed by atoms with E-state index in [0.717, 1.165) is 94.4 Å². The minimum atomic E-state index is -1.24. The van der Waals surface area contributed by atoms with Crippen molar-refractivity contribution in [1.29, 1.82) is 10.8 Å². The highest BCUT2D eigenvalue weighted by Gasteiger charge is 2.25. The number of carbonyl (C=O) groups is 6. The van der Waals surface area contributed by atoms with E-state index < -0.39 is 70.3 Å². The van der Waals surface area contributed by atoms with Crippen LogP contribution in [0.4, 0.5) is 60.9 Å². The predicted molar refractivity (Wildman–Crippen MR) is 378 cm³/mol. The van der Waals surface area contributed by atoms with Crippen molar-refractivity contribution in [1.82, 2.24) is 29.7 Å². The van der Waals surface area contributed by atoms with Gasteiger partial charge in [-0.3, -0.25) is 44.6 Å². The van der Waals surface area contributed by atoms with E-state index in [4.69, 9.17) is 45.6 Å². The second-order valence-electron chi connectivity index (χ2n) is 23.0. The van der Waals surface area contributed by atoms with Crippen LogP contribution in [0.15, 0.2) is 169 Å². The lowest BCUT2D eigenvalue weighted by Gasteiger charge is -2.29. The molecule has 3 aliphatic rings. The first-order chi connectivity index (χ1) is 48.9. The number of hydrogen-bond acceptors (Lipinski definition) is 13. The Bertz CT molecular complexity index is 4690. The van der Waals surface area contributed by atoms with Crippen molar-refractivity contribution < 1.29 is 55.1 Å². The standard InChI is InChI=1S/C25H22ClF2N5O2.C24H20ClF2N5O2.C23H18ClF2N5O2/c26-17-8-9-22(30-14-17)32-25(35)18-12-19(27)20(28)13-21(18)31-24(34)16-6-4-15(5-7-16)23(29)33-10-2-1-3-11-33;25-16-7-8-21(29-13-16)31-24(34)17-11-18(26)19(27)12-20(17)30-23(33)15-5-3-14(4-6-15)22(28)32-9-1-2-10-32;1-31-9-8-27-21(31)13-2-4-14(5-3-13)22(32)29-19-11-18(26)17(25)10-16(19)23(33)30-20-7-6-15(24)12-28-20/h4-9,12-14,29H,1-3,10-11H2,(H,31,34)(H,30,32,35);3-8,11-13,28H,1-2,9-10H2,(H,30,33)(H,29,31,34);2-7,10-12H,8-9H2,1H3,(H,29,32)(H,28,30,33). The number of amides is 6. The molecule has 6 amide bonds. The van der Waals surface area contributed by atoms with Crippen molar-refractivity contribution in [3.8, 4) is 0 Å². The number of likely N-dealkylation sites (tertiary alicyclic amines) is 2. The summed E-state index contributed by atoms with van der Waals surface area (Å²) in [6, 6.07) is 32.7. The molecule has 102 heavy (non-hydrogen) atoms. The molecule has 0 aliphatic carbocycles. The average Bonchev–Trinajstić information content (AvgIpc) is 0.872. The van der Waals surface area contributed by atoms with Crippen molar-refractivity contribution >= 4 is 122 Å². The summed E-state index contributed by atoms with van der Waals surface area (Å²) >= 11 is 17.3. The summed E-state index contributed by atoms with van der Waals surface area (Å²) in [5, 5.41) is 32.6. The second kappa shape index (κ2) is 33.5. The van der Waals surface area contributed by atoms with Gasteiger partial charge >= 0.3 is 0 Å². The lowest BCUT2D eigenvalue weighted by molar-refractivity contribution is 0.101. The molecule has 8 N–H and O–H groups in total. The zero-order chi connectivity index (χ0) is 72.7. The molecule has 6 heterocycles. The second-order valence-corrected chi connectivity index (χ2v) is 24.4. The summed E-state index contributed by atoms with van der Waals surface area (Å²) in [5.74, 6) is -9.48. The van der Waals surface area contributed by atoms with E-state index in [2.05, 4.69) is 51.8 Å². The summed E-state index contributed by atoms with van der Waals surface area (Å²) < 4.78 is 83.5. The van der Waals surface area contributed by atoms with Gasteiger partial charge in [0.1, 0.15) is 35.0 Å². The number of aromatic nitrogens is 3. The maximum absolute atomic E-state index is 14.0. The molecule has 6 aromatic carbocycles. The van der Waals surface area contributed by atoms with E-state index in [-0.39, 0.29) is 67.9 Å². The maximum atomic E-state index is 14.0. The molecule has 0 spiro atoms. The molecule has 0 unspecified atom stereocenters. The van der Waals surface area contributed by atoms with Gasteiger partial charge in [0.05, 0.1) is 55.4 Å². The van der Waals surface area contributed by atoms with Crippen LogP contribution in [-0.4, -0.2) is 129 Å². The Morgan fingerprint density at radius 1 is 0.373 bits per heavy atom. The molecule has 0 atom stereocenters. The van der Waals surface area contributed by atoms with Gasteiger partial charge in [-0.05, 0) is 123 Å². The number of carbonyl (C=O) groups excluding carboxylic acids is 6. The third-order valence-corrected chi connectivity index (χ3v) is 16.6. The number of pyridine rings is 3. The van der Waals surface area contributed by atoms with Crippen molar-refractivity contribution in [3.05, 3.63) is 264 Å². The fourth-order valence-corrected chi connectivity index (χ4v) is 10.9. The van der Waals surface area contributed by atoms with Crippen molar-refractivity contribution in [2.45, 2.75) is 32.1 Å². The highest BCUT2D eigenvalue weighted by atomic mass is 35.5. The predicted octanol–water partition coefficient (Wildman–Crippen LogP) is 14.5. The molecule has 2 saturated heterocycles. The Hall–Kier alpha value is -11.6. The summed E-state index contributed by atoms with van der Waals surface area (Å²) in [4.78, 5) is 98.6. The van der Waals surface area contributed by atoms with Gasteiger partial charge in [0.25, 0.3) is 35.4 Å². The molecule has 0 saturated carbocycles. The lowest BCUT2D eigenvalue weighted by atomic mass is 10.1. The molecule has 30 heteroatoms. The van der Waals surface area contributed by atoms with Gasteiger partial charge in [-0.1, -0.05) is 71.2 Å². The number of piperidine rings is 1. The average molecular weight is 1450 g/mol. The zero-order valence-electron chi connectivity index (χ0n) is 53.8. The molecule has 9 aromatic rings.